The first-order valence-corrected chi connectivity index (χ1v) is 9.12. The van der Waals surface area contributed by atoms with E-state index in [0.717, 1.165) is 28.3 Å². The third-order valence-corrected chi connectivity index (χ3v) is 5.46. The van der Waals surface area contributed by atoms with Gasteiger partial charge in [0.2, 0.25) is 0 Å². The Morgan fingerprint density at radius 2 is 2.15 bits per heavy atom. The summed E-state index contributed by atoms with van der Waals surface area (Å²) >= 11 is 1.30. The van der Waals surface area contributed by atoms with Gasteiger partial charge in [0.25, 0.3) is 11.6 Å². The number of fused-ring (bicyclic) bond motifs is 1. The van der Waals surface area contributed by atoms with Crippen molar-refractivity contribution < 1.29 is 14.5 Å². The number of hydrogen-bond acceptors (Lipinski definition) is 6. The van der Waals surface area contributed by atoms with Crippen LogP contribution in [0.15, 0.2) is 42.5 Å². The van der Waals surface area contributed by atoms with E-state index in [4.69, 9.17) is 4.74 Å². The molecule has 0 radical (unpaired) electrons. The molecule has 8 heteroatoms. The molecule has 27 heavy (non-hydrogen) atoms. The molecule has 0 atom stereocenters. The van der Waals surface area contributed by atoms with Crippen molar-refractivity contribution in [2.75, 3.05) is 11.9 Å². The number of hydrogen-bond donors (Lipinski definition) is 1. The Labute approximate surface area is 158 Å². The number of amides is 1. The van der Waals surface area contributed by atoms with Crippen LogP contribution in [0.3, 0.4) is 0 Å². The van der Waals surface area contributed by atoms with E-state index < -0.39 is 4.92 Å². The molecule has 2 aromatic carbocycles. The predicted octanol–water partition coefficient (Wildman–Crippen LogP) is 4.21. The highest BCUT2D eigenvalue weighted by molar-refractivity contribution is 7.17. The number of nitrogens with one attached hydrogen (secondary N) is 1. The van der Waals surface area contributed by atoms with Crippen LogP contribution in [0.25, 0.3) is 10.6 Å². The molecule has 0 saturated carbocycles. The number of anilines is 1. The second kappa shape index (κ2) is 6.81. The molecule has 1 amide bonds. The van der Waals surface area contributed by atoms with E-state index in [-0.39, 0.29) is 11.6 Å². The SMILES string of the molecule is Cc1nc(-c2ccc3c(c2)CCO3)sc1C(=O)Nc1cccc([N+](=O)[O-])c1. The summed E-state index contributed by atoms with van der Waals surface area (Å²) < 4.78 is 5.52. The molecule has 2 heterocycles. The Kier molecular flexibility index (Phi) is 4.33. The van der Waals surface area contributed by atoms with Gasteiger partial charge in [0.05, 0.1) is 17.2 Å². The van der Waals surface area contributed by atoms with Crippen molar-refractivity contribution in [1.29, 1.82) is 0 Å². The van der Waals surface area contributed by atoms with Crippen molar-refractivity contribution in [2.24, 2.45) is 0 Å². The van der Waals surface area contributed by atoms with Gasteiger partial charge >= 0.3 is 0 Å². The van der Waals surface area contributed by atoms with Gasteiger partial charge in [-0.25, -0.2) is 4.98 Å². The molecular weight excluding hydrogens is 366 g/mol. The lowest BCUT2D eigenvalue weighted by Gasteiger charge is -2.03. The van der Waals surface area contributed by atoms with Crippen molar-refractivity contribution >= 4 is 28.6 Å². The van der Waals surface area contributed by atoms with Crippen LogP contribution in [-0.2, 0) is 6.42 Å². The van der Waals surface area contributed by atoms with Gasteiger partial charge in [0, 0.05) is 29.8 Å². The maximum absolute atomic E-state index is 12.6. The van der Waals surface area contributed by atoms with E-state index >= 15 is 0 Å². The average molecular weight is 381 g/mol. The van der Waals surface area contributed by atoms with Crippen molar-refractivity contribution in [2.45, 2.75) is 13.3 Å². The normalized spacial score (nSPS) is 12.3. The molecule has 4 rings (SSSR count). The first-order chi connectivity index (χ1) is 13.0. The zero-order valence-electron chi connectivity index (χ0n) is 14.4. The Bertz CT molecular complexity index is 1060. The van der Waals surface area contributed by atoms with Crippen molar-refractivity contribution in [1.82, 2.24) is 4.98 Å². The standard InChI is InChI=1S/C19H15N3O4S/c1-11-17(18(23)21-14-3-2-4-15(10-14)22(24)25)27-19(20-11)13-5-6-16-12(9-13)7-8-26-16/h2-6,9-10H,7-8H2,1H3,(H,21,23). The number of aryl methyl sites for hydroxylation is 1. The fourth-order valence-electron chi connectivity index (χ4n) is 2.94. The number of ether oxygens (including phenoxy) is 1. The molecule has 1 aliphatic heterocycles. The molecule has 1 aromatic heterocycles. The van der Waals surface area contributed by atoms with Crippen molar-refractivity contribution in [3.63, 3.8) is 0 Å². The number of carbonyl (C=O) groups excluding carboxylic acids is 1. The zero-order valence-corrected chi connectivity index (χ0v) is 15.2. The minimum Gasteiger partial charge on any atom is -0.493 e. The number of aromatic nitrogens is 1. The van der Waals surface area contributed by atoms with Crippen LogP contribution >= 0.6 is 11.3 Å². The molecule has 0 fully saturated rings. The molecule has 0 saturated heterocycles. The van der Waals surface area contributed by atoms with E-state index in [0.29, 0.717) is 22.9 Å². The Hall–Kier alpha value is -3.26. The van der Waals surface area contributed by atoms with Gasteiger partial charge in [-0.15, -0.1) is 11.3 Å². The zero-order chi connectivity index (χ0) is 19.0. The molecule has 0 bridgehead atoms. The second-order valence-corrected chi connectivity index (χ2v) is 7.12. The maximum atomic E-state index is 12.6. The van der Waals surface area contributed by atoms with Crippen molar-refractivity contribution in [3.05, 3.63) is 68.7 Å². The average Bonchev–Trinajstić information content (AvgIpc) is 3.27. The first-order valence-electron chi connectivity index (χ1n) is 8.30. The molecule has 0 spiro atoms. The molecule has 0 unspecified atom stereocenters. The summed E-state index contributed by atoms with van der Waals surface area (Å²) in [5.74, 6) is 0.567. The second-order valence-electron chi connectivity index (χ2n) is 6.12. The van der Waals surface area contributed by atoms with Crippen LogP contribution < -0.4 is 10.1 Å². The first kappa shape index (κ1) is 17.2. The quantitative estimate of drug-likeness (QED) is 0.539. The third-order valence-electron chi connectivity index (χ3n) is 4.25. The highest BCUT2D eigenvalue weighted by Crippen LogP contribution is 2.33. The van der Waals surface area contributed by atoms with Gasteiger partial charge in [0.1, 0.15) is 15.6 Å². The van der Waals surface area contributed by atoms with E-state index in [1.807, 2.05) is 18.2 Å². The van der Waals surface area contributed by atoms with Gasteiger partial charge in [-0.2, -0.15) is 0 Å². The molecule has 7 nitrogen and oxygen atoms in total. The van der Waals surface area contributed by atoms with Crippen LogP contribution in [0, 0.1) is 17.0 Å². The number of non-ortho nitro benzene ring substituents is 1. The summed E-state index contributed by atoms with van der Waals surface area (Å²) in [5.41, 5.74) is 3.01. The Morgan fingerprint density at radius 3 is 2.96 bits per heavy atom. The monoisotopic (exact) mass is 381 g/mol. The van der Waals surface area contributed by atoms with Crippen LogP contribution in [0.1, 0.15) is 20.9 Å². The minimum atomic E-state index is -0.497. The number of nitro groups is 1. The Balaban J connectivity index is 1.59. The fourth-order valence-corrected chi connectivity index (χ4v) is 3.89. The van der Waals surface area contributed by atoms with E-state index in [2.05, 4.69) is 10.3 Å². The summed E-state index contributed by atoms with van der Waals surface area (Å²) in [4.78, 5) is 28.0. The van der Waals surface area contributed by atoms with Gasteiger partial charge in [0.15, 0.2) is 0 Å². The molecule has 1 N–H and O–H groups in total. The van der Waals surface area contributed by atoms with Gasteiger partial charge in [-0.05, 0) is 36.8 Å². The summed E-state index contributed by atoms with van der Waals surface area (Å²) in [6.45, 7) is 2.46. The number of benzene rings is 2. The molecule has 136 valence electrons. The van der Waals surface area contributed by atoms with Crippen LogP contribution in [-0.4, -0.2) is 22.4 Å². The van der Waals surface area contributed by atoms with E-state index in [1.54, 1.807) is 13.0 Å². The lowest BCUT2D eigenvalue weighted by Crippen LogP contribution is -2.11. The predicted molar refractivity (Wildman–Crippen MR) is 103 cm³/mol. The number of nitro benzene ring substituents is 1. The molecule has 0 aliphatic carbocycles. The van der Waals surface area contributed by atoms with Crippen LogP contribution in [0.5, 0.6) is 5.75 Å². The fraction of sp³-hybridized carbons (Fsp3) is 0.158. The largest absolute Gasteiger partial charge is 0.493 e. The summed E-state index contributed by atoms with van der Waals surface area (Å²) in [7, 11) is 0. The van der Waals surface area contributed by atoms with Gasteiger partial charge in [-0.1, -0.05) is 6.07 Å². The minimum absolute atomic E-state index is 0.0742. The van der Waals surface area contributed by atoms with E-state index in [9.17, 15) is 14.9 Å². The van der Waals surface area contributed by atoms with Gasteiger partial charge < -0.3 is 10.1 Å². The van der Waals surface area contributed by atoms with E-state index in [1.165, 1.54) is 29.5 Å². The lowest BCUT2D eigenvalue weighted by molar-refractivity contribution is -0.384. The highest BCUT2D eigenvalue weighted by Gasteiger charge is 2.19. The smallest absolute Gasteiger partial charge is 0.271 e. The summed E-state index contributed by atoms with van der Waals surface area (Å²) in [6, 6.07) is 11.8. The maximum Gasteiger partial charge on any atom is 0.271 e. The summed E-state index contributed by atoms with van der Waals surface area (Å²) in [6.07, 6.45) is 0.869. The number of rotatable bonds is 4. The Morgan fingerprint density at radius 1 is 1.30 bits per heavy atom. The van der Waals surface area contributed by atoms with Crippen LogP contribution in [0.2, 0.25) is 0 Å². The van der Waals surface area contributed by atoms with Crippen LogP contribution in [0.4, 0.5) is 11.4 Å². The number of thiazole rings is 1. The summed E-state index contributed by atoms with van der Waals surface area (Å²) in [5, 5.41) is 14.3. The number of nitrogens with zero attached hydrogens (tertiary/aromatic N) is 2. The molecule has 3 aromatic rings. The lowest BCUT2D eigenvalue weighted by atomic mass is 10.1. The third kappa shape index (κ3) is 3.39. The molecule has 1 aliphatic rings. The number of carbonyl (C=O) groups is 1. The topological polar surface area (TPSA) is 94.4 Å². The molecular formula is C19H15N3O4S. The van der Waals surface area contributed by atoms with Crippen molar-refractivity contribution in [3.8, 4) is 16.3 Å². The van der Waals surface area contributed by atoms with Gasteiger partial charge in [-0.3, -0.25) is 14.9 Å². The highest BCUT2D eigenvalue weighted by atomic mass is 32.1.